The minimum absolute atomic E-state index is 0.000229. The first kappa shape index (κ1) is 22.3. The minimum Gasteiger partial charge on any atom is -0.497 e. The number of anilines is 1. The fourth-order valence-electron chi connectivity index (χ4n) is 5.38. The first-order valence-corrected chi connectivity index (χ1v) is 11.8. The van der Waals surface area contributed by atoms with Gasteiger partial charge in [0, 0.05) is 24.1 Å². The van der Waals surface area contributed by atoms with Gasteiger partial charge in [-0.15, -0.1) is 0 Å². The third kappa shape index (κ3) is 3.87. The summed E-state index contributed by atoms with van der Waals surface area (Å²) in [7, 11) is 3.18. The van der Waals surface area contributed by atoms with E-state index in [1.165, 1.54) is 0 Å². The topological polar surface area (TPSA) is 97.0 Å². The average Bonchev–Trinajstić information content (AvgIpc) is 3.52. The largest absolute Gasteiger partial charge is 0.497 e. The van der Waals surface area contributed by atoms with Crippen LogP contribution in [0.3, 0.4) is 0 Å². The molecular weight excluding hydrogens is 434 g/mol. The van der Waals surface area contributed by atoms with E-state index in [-0.39, 0.29) is 29.7 Å². The molecule has 1 saturated heterocycles. The fourth-order valence-corrected chi connectivity index (χ4v) is 5.38. The van der Waals surface area contributed by atoms with Gasteiger partial charge < -0.3 is 25.0 Å². The second-order valence-corrected chi connectivity index (χ2v) is 9.14. The number of nitrogens with one attached hydrogen (secondary N) is 2. The molecule has 2 fully saturated rings. The molecule has 8 heteroatoms. The quantitative estimate of drug-likeness (QED) is 0.710. The number of hydrogen-bond acceptors (Lipinski definition) is 5. The number of ether oxygens (including phenoxy) is 2. The van der Waals surface area contributed by atoms with Gasteiger partial charge in [0.15, 0.2) is 0 Å². The van der Waals surface area contributed by atoms with Crippen molar-refractivity contribution in [2.45, 2.75) is 44.2 Å². The number of benzene rings is 2. The maximum Gasteiger partial charge on any atom is 0.256 e. The smallest absolute Gasteiger partial charge is 0.256 e. The van der Waals surface area contributed by atoms with Crippen LogP contribution in [-0.2, 0) is 9.59 Å². The molecule has 2 N–H and O–H groups in total. The van der Waals surface area contributed by atoms with Crippen LogP contribution in [0.5, 0.6) is 11.5 Å². The lowest BCUT2D eigenvalue weighted by Gasteiger charge is -2.25. The van der Waals surface area contributed by atoms with Crippen molar-refractivity contribution in [2.24, 2.45) is 5.92 Å². The Morgan fingerprint density at radius 3 is 2.53 bits per heavy atom. The Labute approximate surface area is 198 Å². The summed E-state index contributed by atoms with van der Waals surface area (Å²) in [5.74, 6) is 0.821. The summed E-state index contributed by atoms with van der Waals surface area (Å²) < 4.78 is 10.8. The summed E-state index contributed by atoms with van der Waals surface area (Å²) >= 11 is 0. The highest BCUT2D eigenvalue weighted by molar-refractivity contribution is 6.11. The van der Waals surface area contributed by atoms with E-state index < -0.39 is 6.04 Å². The first-order valence-electron chi connectivity index (χ1n) is 11.8. The zero-order chi connectivity index (χ0) is 23.8. The van der Waals surface area contributed by atoms with E-state index >= 15 is 0 Å². The molecule has 3 aliphatic rings. The first-order chi connectivity index (χ1) is 16.5. The number of amides is 3. The standard InChI is InChI=1S/C26H29N3O5/c1-33-17-8-9-18(22(14-17)34-2)16-7-10-20-19(13-16)26(32)29-12-11-21(23(29)25(31)27-20)28-24(30)15-5-3-4-6-15/h7-10,13-15,21,23H,3-6,11-12H2,1-2H3,(H,27,31)(H,28,30)/t21-,23-/m0/s1. The van der Waals surface area contributed by atoms with Crippen LogP contribution in [0.2, 0.25) is 0 Å². The van der Waals surface area contributed by atoms with Crippen molar-refractivity contribution >= 4 is 23.4 Å². The Hall–Kier alpha value is -3.55. The molecule has 178 valence electrons. The average molecular weight is 464 g/mol. The van der Waals surface area contributed by atoms with E-state index in [9.17, 15) is 14.4 Å². The molecule has 5 rings (SSSR count). The molecule has 2 aromatic rings. The highest BCUT2D eigenvalue weighted by Gasteiger charge is 2.45. The number of rotatable bonds is 5. The van der Waals surface area contributed by atoms with Gasteiger partial charge in [-0.1, -0.05) is 18.9 Å². The Kier molecular flexibility index (Phi) is 5.89. The van der Waals surface area contributed by atoms with Crippen molar-refractivity contribution in [3.63, 3.8) is 0 Å². The van der Waals surface area contributed by atoms with Crippen LogP contribution in [0.1, 0.15) is 42.5 Å². The Morgan fingerprint density at radius 2 is 1.79 bits per heavy atom. The number of carbonyl (C=O) groups is 3. The lowest BCUT2D eigenvalue weighted by atomic mass is 10.00. The fraction of sp³-hybridized carbons (Fsp3) is 0.423. The maximum atomic E-state index is 13.6. The summed E-state index contributed by atoms with van der Waals surface area (Å²) in [4.78, 5) is 41.0. The van der Waals surface area contributed by atoms with Gasteiger partial charge in [0.2, 0.25) is 11.8 Å². The van der Waals surface area contributed by atoms with Crippen LogP contribution < -0.4 is 20.1 Å². The molecule has 0 spiro atoms. The van der Waals surface area contributed by atoms with Gasteiger partial charge >= 0.3 is 0 Å². The number of fused-ring (bicyclic) bond motifs is 2. The third-order valence-corrected chi connectivity index (χ3v) is 7.21. The molecule has 2 heterocycles. The number of hydrogen-bond donors (Lipinski definition) is 2. The molecule has 2 aliphatic heterocycles. The Bertz CT molecular complexity index is 1140. The summed E-state index contributed by atoms with van der Waals surface area (Å²) in [6.07, 6.45) is 4.47. The van der Waals surface area contributed by atoms with Gasteiger partial charge in [-0.3, -0.25) is 14.4 Å². The SMILES string of the molecule is COc1ccc(-c2ccc3c(c2)C(=O)N2CC[C@H](NC(=O)C4CCCC4)[C@H]2C(=O)N3)c(OC)c1. The van der Waals surface area contributed by atoms with E-state index in [0.29, 0.717) is 35.7 Å². The predicted octanol–water partition coefficient (Wildman–Crippen LogP) is 3.21. The predicted molar refractivity (Wildman–Crippen MR) is 127 cm³/mol. The highest BCUT2D eigenvalue weighted by Crippen LogP contribution is 2.37. The maximum absolute atomic E-state index is 13.6. The molecule has 8 nitrogen and oxygen atoms in total. The van der Waals surface area contributed by atoms with Crippen molar-refractivity contribution in [2.75, 3.05) is 26.1 Å². The van der Waals surface area contributed by atoms with Crippen LogP contribution >= 0.6 is 0 Å². The van der Waals surface area contributed by atoms with Crippen LogP contribution in [0, 0.1) is 5.92 Å². The molecule has 0 radical (unpaired) electrons. The van der Waals surface area contributed by atoms with Crippen LogP contribution in [0.15, 0.2) is 36.4 Å². The van der Waals surface area contributed by atoms with Gasteiger partial charge in [-0.2, -0.15) is 0 Å². The van der Waals surface area contributed by atoms with Crippen molar-refractivity contribution < 1.29 is 23.9 Å². The monoisotopic (exact) mass is 463 g/mol. The number of carbonyl (C=O) groups excluding carboxylic acids is 3. The van der Waals surface area contributed by atoms with Gasteiger partial charge in [-0.05, 0) is 49.1 Å². The molecule has 2 aromatic carbocycles. The van der Waals surface area contributed by atoms with Gasteiger partial charge in [-0.25, -0.2) is 0 Å². The highest BCUT2D eigenvalue weighted by atomic mass is 16.5. The zero-order valence-electron chi connectivity index (χ0n) is 19.4. The second kappa shape index (κ2) is 9.00. The Balaban J connectivity index is 1.43. The number of methoxy groups -OCH3 is 2. The molecule has 0 aromatic heterocycles. The van der Waals surface area contributed by atoms with E-state index in [2.05, 4.69) is 10.6 Å². The summed E-state index contributed by atoms with van der Waals surface area (Å²) in [5.41, 5.74) is 2.51. The summed E-state index contributed by atoms with van der Waals surface area (Å²) in [6, 6.07) is 9.79. The van der Waals surface area contributed by atoms with E-state index in [1.54, 1.807) is 37.3 Å². The van der Waals surface area contributed by atoms with Crippen molar-refractivity contribution in [3.05, 3.63) is 42.0 Å². The third-order valence-electron chi connectivity index (χ3n) is 7.21. The van der Waals surface area contributed by atoms with E-state index in [4.69, 9.17) is 9.47 Å². The van der Waals surface area contributed by atoms with Gasteiger partial charge in [0.05, 0.1) is 31.5 Å². The molecule has 3 amide bonds. The molecule has 34 heavy (non-hydrogen) atoms. The van der Waals surface area contributed by atoms with E-state index in [1.807, 2.05) is 18.2 Å². The van der Waals surface area contributed by atoms with Gasteiger partial charge in [0.1, 0.15) is 17.5 Å². The van der Waals surface area contributed by atoms with Crippen LogP contribution in [-0.4, -0.2) is 55.5 Å². The van der Waals surface area contributed by atoms with Crippen molar-refractivity contribution in [1.82, 2.24) is 10.2 Å². The minimum atomic E-state index is -0.718. The normalized spacial score (nSPS) is 22.0. The summed E-state index contributed by atoms with van der Waals surface area (Å²) in [5, 5.41) is 5.99. The molecule has 1 aliphatic carbocycles. The van der Waals surface area contributed by atoms with E-state index in [0.717, 1.165) is 36.8 Å². The lowest BCUT2D eigenvalue weighted by Crippen LogP contribution is -2.52. The molecular formula is C26H29N3O5. The molecule has 2 atom stereocenters. The molecule has 1 saturated carbocycles. The second-order valence-electron chi connectivity index (χ2n) is 9.14. The Morgan fingerprint density at radius 1 is 1.00 bits per heavy atom. The molecule has 0 unspecified atom stereocenters. The summed E-state index contributed by atoms with van der Waals surface area (Å²) in [6.45, 7) is 0.419. The molecule has 0 bridgehead atoms. The van der Waals surface area contributed by atoms with Crippen molar-refractivity contribution in [3.8, 4) is 22.6 Å². The van der Waals surface area contributed by atoms with Crippen molar-refractivity contribution in [1.29, 1.82) is 0 Å². The van der Waals surface area contributed by atoms with Crippen LogP contribution in [0.25, 0.3) is 11.1 Å². The zero-order valence-corrected chi connectivity index (χ0v) is 19.4. The van der Waals surface area contributed by atoms with Gasteiger partial charge in [0.25, 0.3) is 5.91 Å². The lowest BCUT2D eigenvalue weighted by molar-refractivity contribution is -0.126. The number of nitrogens with zero attached hydrogens (tertiary/aromatic N) is 1. The van der Waals surface area contributed by atoms with Crippen LogP contribution in [0.4, 0.5) is 5.69 Å².